The minimum absolute atomic E-state index is 0.0667. The summed E-state index contributed by atoms with van der Waals surface area (Å²) in [7, 11) is 0. The maximum absolute atomic E-state index is 9.73. The van der Waals surface area contributed by atoms with Crippen LogP contribution in [0, 0.1) is 22.7 Å². The van der Waals surface area contributed by atoms with E-state index in [0.29, 0.717) is 11.8 Å². The Morgan fingerprint density at radius 1 is 0.871 bits per heavy atom. The minimum atomic E-state index is -0.211. The minimum Gasteiger partial charge on any atom is -0.348 e. The van der Waals surface area contributed by atoms with Crippen molar-refractivity contribution in [2.45, 2.75) is 110 Å². The molecule has 0 aromatic heterocycles. The number of hydrogen-bond acceptors (Lipinski definition) is 3. The molecule has 1 saturated heterocycles. The second-order valence-electron chi connectivity index (χ2n) is 10.0. The molecule has 1 aliphatic heterocycles. The topological polar surface area (TPSA) is 42.2 Å². The predicted octanol–water partition coefficient (Wildman–Crippen LogP) is 8.07. The Morgan fingerprint density at radius 3 is 2.10 bits per heavy atom. The zero-order valence-electron chi connectivity index (χ0n) is 19.9. The number of rotatable bonds is 11. The van der Waals surface area contributed by atoms with Crippen molar-refractivity contribution in [2.24, 2.45) is 11.3 Å². The van der Waals surface area contributed by atoms with E-state index in [2.05, 4.69) is 44.2 Å². The van der Waals surface area contributed by atoms with Gasteiger partial charge in [0.25, 0.3) is 0 Å². The van der Waals surface area contributed by atoms with Gasteiger partial charge in [-0.15, -0.1) is 0 Å². The second kappa shape index (κ2) is 12.6. The maximum atomic E-state index is 9.73. The Hall–Kier alpha value is -1.37. The van der Waals surface area contributed by atoms with Crippen LogP contribution in [-0.2, 0) is 9.47 Å². The van der Waals surface area contributed by atoms with Crippen molar-refractivity contribution in [3.05, 3.63) is 35.4 Å². The van der Waals surface area contributed by atoms with Crippen LogP contribution in [-0.4, -0.2) is 13.2 Å². The standard InChI is InChI=1S/C28H43NO2/c1-3-5-7-8-9-10-23-20-30-27(31-21-23)26-13-11-24(12-14-26)25-15-18-28(22-29,19-16-25)17-6-4-2/h11-14,23,25,27H,3-10,15-21H2,1-2H3. The number of unbranched alkanes of at least 4 members (excludes halogenated alkanes) is 5. The molecule has 1 aliphatic carbocycles. The highest BCUT2D eigenvalue weighted by molar-refractivity contribution is 5.27. The van der Waals surface area contributed by atoms with E-state index in [1.54, 1.807) is 0 Å². The van der Waals surface area contributed by atoms with Crippen molar-refractivity contribution in [1.29, 1.82) is 5.26 Å². The molecule has 0 amide bonds. The van der Waals surface area contributed by atoms with Crippen molar-refractivity contribution in [2.75, 3.05) is 13.2 Å². The van der Waals surface area contributed by atoms with Crippen LogP contribution in [0.15, 0.2) is 24.3 Å². The first-order valence-corrected chi connectivity index (χ1v) is 12.9. The summed E-state index contributed by atoms with van der Waals surface area (Å²) in [5, 5.41) is 9.73. The van der Waals surface area contributed by atoms with Gasteiger partial charge in [-0.3, -0.25) is 0 Å². The lowest BCUT2D eigenvalue weighted by Crippen LogP contribution is -2.27. The molecule has 0 unspecified atom stereocenters. The Balaban J connectivity index is 1.42. The van der Waals surface area contributed by atoms with E-state index in [1.807, 2.05) is 0 Å². The fourth-order valence-electron chi connectivity index (χ4n) is 5.30. The van der Waals surface area contributed by atoms with E-state index in [-0.39, 0.29) is 11.7 Å². The Kier molecular flexibility index (Phi) is 9.88. The van der Waals surface area contributed by atoms with Gasteiger partial charge in [-0.05, 0) is 50.0 Å². The molecule has 3 nitrogen and oxygen atoms in total. The smallest absolute Gasteiger partial charge is 0.183 e. The summed E-state index contributed by atoms with van der Waals surface area (Å²) in [6, 6.07) is 11.6. The Bertz CT molecular complexity index is 661. The van der Waals surface area contributed by atoms with Crippen molar-refractivity contribution < 1.29 is 9.47 Å². The van der Waals surface area contributed by atoms with Gasteiger partial charge < -0.3 is 9.47 Å². The van der Waals surface area contributed by atoms with Gasteiger partial charge in [0.1, 0.15) is 0 Å². The number of benzene rings is 1. The number of nitrogens with zero attached hydrogens (tertiary/aromatic N) is 1. The summed E-state index contributed by atoms with van der Waals surface area (Å²) in [4.78, 5) is 0. The normalized spacial score (nSPS) is 28.9. The summed E-state index contributed by atoms with van der Waals surface area (Å²) in [5.41, 5.74) is 2.48. The molecule has 31 heavy (non-hydrogen) atoms. The Labute approximate surface area is 190 Å². The second-order valence-corrected chi connectivity index (χ2v) is 10.0. The van der Waals surface area contributed by atoms with Crippen molar-refractivity contribution in [3.8, 4) is 6.07 Å². The highest BCUT2D eigenvalue weighted by atomic mass is 16.7. The molecule has 3 rings (SSSR count). The van der Waals surface area contributed by atoms with E-state index in [9.17, 15) is 5.26 Å². The van der Waals surface area contributed by atoms with Crippen LogP contribution in [0.25, 0.3) is 0 Å². The zero-order chi connectivity index (χ0) is 21.9. The van der Waals surface area contributed by atoms with E-state index < -0.39 is 0 Å². The lowest BCUT2D eigenvalue weighted by atomic mass is 9.67. The maximum Gasteiger partial charge on any atom is 0.183 e. The fraction of sp³-hybridized carbons (Fsp3) is 0.750. The molecular weight excluding hydrogens is 382 g/mol. The van der Waals surface area contributed by atoms with Crippen LogP contribution >= 0.6 is 0 Å². The van der Waals surface area contributed by atoms with Crippen molar-refractivity contribution in [1.82, 2.24) is 0 Å². The Morgan fingerprint density at radius 2 is 1.48 bits per heavy atom. The van der Waals surface area contributed by atoms with Crippen LogP contribution in [0.4, 0.5) is 0 Å². The summed E-state index contributed by atoms with van der Waals surface area (Å²) in [6.45, 7) is 6.11. The van der Waals surface area contributed by atoms with E-state index in [1.165, 1.54) is 56.9 Å². The van der Waals surface area contributed by atoms with E-state index in [4.69, 9.17) is 9.47 Å². The molecule has 0 N–H and O–H groups in total. The van der Waals surface area contributed by atoms with Gasteiger partial charge in [0.05, 0.1) is 24.7 Å². The predicted molar refractivity (Wildman–Crippen MR) is 127 cm³/mol. The van der Waals surface area contributed by atoms with Gasteiger partial charge in [-0.2, -0.15) is 5.26 Å². The first-order valence-electron chi connectivity index (χ1n) is 12.9. The molecule has 172 valence electrons. The third-order valence-electron chi connectivity index (χ3n) is 7.55. The molecule has 0 spiro atoms. The summed E-state index contributed by atoms with van der Waals surface area (Å²) >= 11 is 0. The molecule has 1 aromatic rings. The molecule has 2 aliphatic rings. The van der Waals surface area contributed by atoms with Gasteiger partial charge >= 0.3 is 0 Å². The SMILES string of the molecule is CCCCCCCC1COC(c2ccc(C3CCC(C#N)(CCCC)CC3)cc2)OC1. The van der Waals surface area contributed by atoms with E-state index in [0.717, 1.165) is 50.9 Å². The van der Waals surface area contributed by atoms with Gasteiger partial charge in [0.2, 0.25) is 0 Å². The average molecular weight is 426 g/mol. The molecule has 1 aromatic carbocycles. The average Bonchev–Trinajstić information content (AvgIpc) is 2.83. The van der Waals surface area contributed by atoms with Crippen LogP contribution in [0.5, 0.6) is 0 Å². The number of nitriles is 1. The van der Waals surface area contributed by atoms with Crippen LogP contribution in [0.2, 0.25) is 0 Å². The van der Waals surface area contributed by atoms with E-state index >= 15 is 0 Å². The van der Waals surface area contributed by atoms with Gasteiger partial charge in [0.15, 0.2) is 6.29 Å². The third kappa shape index (κ3) is 7.06. The van der Waals surface area contributed by atoms with Crippen LogP contribution < -0.4 is 0 Å². The van der Waals surface area contributed by atoms with Gasteiger partial charge in [-0.1, -0.05) is 83.1 Å². The molecule has 3 heteroatoms. The quantitative estimate of drug-likeness (QED) is 0.337. The fourth-order valence-corrected chi connectivity index (χ4v) is 5.30. The summed E-state index contributed by atoms with van der Waals surface area (Å²) < 4.78 is 12.1. The lowest BCUT2D eigenvalue weighted by molar-refractivity contribution is -0.206. The highest BCUT2D eigenvalue weighted by Crippen LogP contribution is 2.45. The monoisotopic (exact) mass is 425 g/mol. The highest BCUT2D eigenvalue weighted by Gasteiger charge is 2.35. The van der Waals surface area contributed by atoms with Crippen LogP contribution in [0.3, 0.4) is 0 Å². The van der Waals surface area contributed by atoms with Gasteiger partial charge in [0, 0.05) is 11.5 Å². The summed E-state index contributed by atoms with van der Waals surface area (Å²) in [5.74, 6) is 1.13. The zero-order valence-corrected chi connectivity index (χ0v) is 19.9. The van der Waals surface area contributed by atoms with Crippen molar-refractivity contribution in [3.63, 3.8) is 0 Å². The van der Waals surface area contributed by atoms with Crippen molar-refractivity contribution >= 4 is 0 Å². The molecule has 0 atom stereocenters. The molecule has 1 saturated carbocycles. The molecule has 2 fully saturated rings. The third-order valence-corrected chi connectivity index (χ3v) is 7.55. The molecular formula is C28H43NO2. The van der Waals surface area contributed by atoms with Gasteiger partial charge in [-0.25, -0.2) is 0 Å². The largest absolute Gasteiger partial charge is 0.348 e. The number of ether oxygens (including phenoxy) is 2. The van der Waals surface area contributed by atoms with Crippen LogP contribution in [0.1, 0.15) is 121 Å². The molecule has 0 bridgehead atoms. The number of hydrogen-bond donors (Lipinski definition) is 0. The first-order chi connectivity index (χ1) is 15.2. The molecule has 1 heterocycles. The lowest BCUT2D eigenvalue weighted by Gasteiger charge is -2.35. The summed E-state index contributed by atoms with van der Waals surface area (Å²) in [6.07, 6.45) is 15.4. The first kappa shape index (κ1) is 24.3. The molecule has 0 radical (unpaired) electrons.